The fraction of sp³-hybridized carbons (Fsp3) is 0.133. The van der Waals surface area contributed by atoms with Gasteiger partial charge in [-0.2, -0.15) is 11.3 Å². The second kappa shape index (κ2) is 5.48. The molecule has 1 unspecified atom stereocenters. The molecule has 1 atom stereocenters. The van der Waals surface area contributed by atoms with E-state index in [0.29, 0.717) is 6.54 Å². The summed E-state index contributed by atoms with van der Waals surface area (Å²) in [5, 5.41) is 19.2. The van der Waals surface area contributed by atoms with Gasteiger partial charge in [0.1, 0.15) is 0 Å². The molecular weight excluding hydrogens is 270 g/mol. The predicted octanol–water partition coefficient (Wildman–Crippen LogP) is 3.02. The average molecular weight is 285 g/mol. The van der Waals surface area contributed by atoms with Crippen LogP contribution in [0.15, 0.2) is 47.4 Å². The van der Waals surface area contributed by atoms with Crippen LogP contribution in [0.5, 0.6) is 0 Å². The Kier molecular flexibility index (Phi) is 3.54. The summed E-state index contributed by atoms with van der Waals surface area (Å²) in [5.74, 6) is 0. The number of benzene rings is 1. The smallest absolute Gasteiger partial charge is 0.0970 e. The number of aliphatic hydroxyl groups is 1. The van der Waals surface area contributed by atoms with Crippen LogP contribution in [0.1, 0.15) is 11.7 Å². The van der Waals surface area contributed by atoms with Crippen molar-refractivity contribution in [2.24, 2.45) is 0 Å². The maximum Gasteiger partial charge on any atom is 0.0970 e. The molecule has 3 aromatic rings. The summed E-state index contributed by atoms with van der Waals surface area (Å²) in [5.41, 5.74) is 8.54. The number of fused-ring (bicyclic) bond motifs is 1. The maximum atomic E-state index is 10.1. The fourth-order valence-electron chi connectivity index (χ4n) is 2.16. The van der Waals surface area contributed by atoms with Gasteiger partial charge in [-0.05, 0) is 40.6 Å². The molecule has 2 heterocycles. The van der Waals surface area contributed by atoms with Gasteiger partial charge in [-0.25, -0.2) is 0 Å². The fourth-order valence-corrected chi connectivity index (χ4v) is 2.86. The molecule has 0 bridgehead atoms. The van der Waals surface area contributed by atoms with Crippen LogP contribution in [0.3, 0.4) is 0 Å². The highest BCUT2D eigenvalue weighted by Gasteiger charge is 2.09. The van der Waals surface area contributed by atoms with Crippen molar-refractivity contribution in [1.29, 1.82) is 0 Å². The molecular formula is C15H15N3OS. The topological polar surface area (TPSA) is 71.2 Å². The summed E-state index contributed by atoms with van der Waals surface area (Å²) < 4.78 is 0. The van der Waals surface area contributed by atoms with E-state index < -0.39 is 6.10 Å². The molecule has 0 saturated heterocycles. The number of hydrogen-bond donors (Lipinski definition) is 3. The molecule has 20 heavy (non-hydrogen) atoms. The number of nitrogens with two attached hydrogens (primary N) is 1. The number of hydrogen-bond acceptors (Lipinski definition) is 5. The van der Waals surface area contributed by atoms with Gasteiger partial charge in [0.15, 0.2) is 0 Å². The Bertz CT molecular complexity index is 712. The lowest BCUT2D eigenvalue weighted by Gasteiger charge is -2.14. The van der Waals surface area contributed by atoms with Crippen LogP contribution in [0.4, 0.5) is 11.4 Å². The van der Waals surface area contributed by atoms with Crippen LogP contribution in [0.25, 0.3) is 10.8 Å². The zero-order valence-electron chi connectivity index (χ0n) is 10.8. The molecule has 4 nitrogen and oxygen atoms in total. The standard InChI is InChI=1S/C15H15N3OS/c16-13-1-2-14(12-7-17-5-3-11(12)13)18-8-15(19)10-4-6-20-9-10/h1-7,9,15,18-19H,8,16H2. The average Bonchev–Trinajstić information content (AvgIpc) is 3.01. The predicted molar refractivity (Wildman–Crippen MR) is 83.9 cm³/mol. The van der Waals surface area contributed by atoms with Crippen molar-refractivity contribution in [3.8, 4) is 0 Å². The molecule has 1 aromatic carbocycles. The largest absolute Gasteiger partial charge is 0.398 e. The van der Waals surface area contributed by atoms with Gasteiger partial charge < -0.3 is 16.2 Å². The summed E-state index contributed by atoms with van der Waals surface area (Å²) in [7, 11) is 0. The highest BCUT2D eigenvalue weighted by atomic mass is 32.1. The van der Waals surface area contributed by atoms with E-state index in [0.717, 1.165) is 27.7 Å². The lowest BCUT2D eigenvalue weighted by atomic mass is 10.1. The van der Waals surface area contributed by atoms with Gasteiger partial charge in [0.2, 0.25) is 0 Å². The third-order valence-corrected chi connectivity index (χ3v) is 3.97. The number of anilines is 2. The zero-order valence-corrected chi connectivity index (χ0v) is 11.6. The Hall–Kier alpha value is -2.11. The van der Waals surface area contributed by atoms with Gasteiger partial charge in [-0.1, -0.05) is 0 Å². The first-order valence-electron chi connectivity index (χ1n) is 6.32. The van der Waals surface area contributed by atoms with E-state index in [1.165, 1.54) is 0 Å². The van der Waals surface area contributed by atoms with E-state index in [-0.39, 0.29) is 0 Å². The number of aliphatic hydroxyl groups excluding tert-OH is 1. The Morgan fingerprint density at radius 3 is 2.95 bits per heavy atom. The number of pyridine rings is 1. The molecule has 0 fully saturated rings. The minimum Gasteiger partial charge on any atom is -0.398 e. The van der Waals surface area contributed by atoms with Crippen LogP contribution >= 0.6 is 11.3 Å². The normalized spacial score (nSPS) is 12.4. The van der Waals surface area contributed by atoms with Crippen LogP contribution < -0.4 is 11.1 Å². The van der Waals surface area contributed by atoms with E-state index >= 15 is 0 Å². The molecule has 0 radical (unpaired) electrons. The Morgan fingerprint density at radius 1 is 1.25 bits per heavy atom. The first kappa shape index (κ1) is 12.9. The van der Waals surface area contributed by atoms with Crippen molar-refractivity contribution in [1.82, 2.24) is 4.98 Å². The van der Waals surface area contributed by atoms with Crippen molar-refractivity contribution in [3.05, 3.63) is 53.0 Å². The first-order chi connectivity index (χ1) is 9.75. The maximum absolute atomic E-state index is 10.1. The SMILES string of the molecule is Nc1ccc(NCC(O)c2ccsc2)c2cnccc12. The highest BCUT2D eigenvalue weighted by molar-refractivity contribution is 7.07. The molecule has 0 amide bonds. The lowest BCUT2D eigenvalue weighted by molar-refractivity contribution is 0.192. The van der Waals surface area contributed by atoms with Gasteiger partial charge in [0, 0.05) is 41.1 Å². The van der Waals surface area contributed by atoms with Gasteiger partial charge in [-0.15, -0.1) is 0 Å². The van der Waals surface area contributed by atoms with Crippen LogP contribution in [-0.4, -0.2) is 16.6 Å². The Morgan fingerprint density at radius 2 is 2.15 bits per heavy atom. The highest BCUT2D eigenvalue weighted by Crippen LogP contribution is 2.28. The number of nitrogens with one attached hydrogen (secondary N) is 1. The van der Waals surface area contributed by atoms with Crippen LogP contribution in [0, 0.1) is 0 Å². The van der Waals surface area contributed by atoms with Gasteiger partial charge in [0.25, 0.3) is 0 Å². The minimum absolute atomic E-state index is 0.449. The van der Waals surface area contributed by atoms with Crippen LogP contribution in [0.2, 0.25) is 0 Å². The van der Waals surface area contributed by atoms with E-state index in [4.69, 9.17) is 5.73 Å². The van der Waals surface area contributed by atoms with Crippen LogP contribution in [-0.2, 0) is 0 Å². The summed E-state index contributed by atoms with van der Waals surface area (Å²) >= 11 is 1.58. The third-order valence-electron chi connectivity index (χ3n) is 3.27. The molecule has 5 heteroatoms. The van der Waals surface area contributed by atoms with Gasteiger partial charge in [0.05, 0.1) is 6.10 Å². The molecule has 0 aliphatic rings. The number of aromatic nitrogens is 1. The minimum atomic E-state index is -0.523. The monoisotopic (exact) mass is 285 g/mol. The molecule has 0 spiro atoms. The Labute approximate surface area is 120 Å². The van der Waals surface area contributed by atoms with Crippen molar-refractivity contribution < 1.29 is 5.11 Å². The second-order valence-corrected chi connectivity index (χ2v) is 5.36. The summed E-state index contributed by atoms with van der Waals surface area (Å²) in [4.78, 5) is 4.14. The van der Waals surface area contributed by atoms with Gasteiger partial charge in [-0.3, -0.25) is 4.98 Å². The number of nitrogens with zero attached hydrogens (tertiary/aromatic N) is 1. The van der Waals surface area contributed by atoms with Crippen molar-refractivity contribution in [2.45, 2.75) is 6.10 Å². The molecule has 2 aromatic heterocycles. The molecule has 102 valence electrons. The number of nitrogen functional groups attached to an aromatic ring is 1. The van der Waals surface area contributed by atoms with E-state index in [1.54, 1.807) is 23.7 Å². The van der Waals surface area contributed by atoms with Crippen molar-refractivity contribution in [2.75, 3.05) is 17.6 Å². The molecule has 4 N–H and O–H groups in total. The first-order valence-corrected chi connectivity index (χ1v) is 7.26. The summed E-state index contributed by atoms with van der Waals surface area (Å²) in [6, 6.07) is 7.60. The lowest BCUT2D eigenvalue weighted by Crippen LogP contribution is -2.11. The van der Waals surface area contributed by atoms with E-state index in [9.17, 15) is 5.11 Å². The van der Waals surface area contributed by atoms with Gasteiger partial charge >= 0.3 is 0 Å². The van der Waals surface area contributed by atoms with E-state index in [2.05, 4.69) is 10.3 Å². The second-order valence-electron chi connectivity index (χ2n) is 4.58. The molecule has 3 rings (SSSR count). The van der Waals surface area contributed by atoms with Crippen molar-refractivity contribution in [3.63, 3.8) is 0 Å². The zero-order chi connectivity index (χ0) is 13.9. The molecule has 0 saturated carbocycles. The molecule has 0 aliphatic heterocycles. The summed E-state index contributed by atoms with van der Waals surface area (Å²) in [6.07, 6.45) is 2.98. The Balaban J connectivity index is 1.83. The quantitative estimate of drug-likeness (QED) is 0.644. The van der Waals surface area contributed by atoms with E-state index in [1.807, 2.05) is 35.0 Å². The summed E-state index contributed by atoms with van der Waals surface area (Å²) in [6.45, 7) is 0.449. The van der Waals surface area contributed by atoms with Crippen molar-refractivity contribution >= 4 is 33.5 Å². The third kappa shape index (κ3) is 2.45. The number of thiophene rings is 1. The number of rotatable bonds is 4. The molecule has 0 aliphatic carbocycles.